The summed E-state index contributed by atoms with van der Waals surface area (Å²) in [6.45, 7) is 3.73. The predicted octanol–water partition coefficient (Wildman–Crippen LogP) is 1.90. The summed E-state index contributed by atoms with van der Waals surface area (Å²) in [7, 11) is -3.40. The molecule has 2 atom stereocenters. The number of sulfonamides is 1. The highest BCUT2D eigenvalue weighted by Crippen LogP contribution is 2.39. The first-order chi connectivity index (χ1) is 9.61. The van der Waals surface area contributed by atoms with Crippen molar-refractivity contribution in [3.63, 3.8) is 0 Å². The predicted molar refractivity (Wildman–Crippen MR) is 75.0 cm³/mol. The third kappa shape index (κ3) is 2.42. The lowest BCUT2D eigenvalue weighted by atomic mass is 10.0. The number of rotatable bonds is 4. The number of fused-ring (bicyclic) bond motifs is 1. The van der Waals surface area contributed by atoms with Crippen LogP contribution in [0.1, 0.15) is 26.2 Å². The lowest BCUT2D eigenvalue weighted by molar-refractivity contribution is 0.326. The second-order valence-electron chi connectivity index (χ2n) is 5.54. The molecule has 1 aromatic heterocycles. The standard InChI is InChI=1S/C14H20N2O3S/c1-2-19-14-7-6-13(8-15-14)20(17,18)16-9-11-4-3-5-12(11)10-16/h6-8,11-12H,2-5,9-10H2,1H3/t11-,12+. The van der Waals surface area contributed by atoms with Crippen LogP contribution in [0, 0.1) is 11.8 Å². The molecule has 6 heteroatoms. The quantitative estimate of drug-likeness (QED) is 0.851. The number of hydrogen-bond donors (Lipinski definition) is 0. The monoisotopic (exact) mass is 296 g/mol. The summed E-state index contributed by atoms with van der Waals surface area (Å²) in [4.78, 5) is 4.31. The van der Waals surface area contributed by atoms with E-state index in [4.69, 9.17) is 4.74 Å². The Bertz CT molecular complexity index is 559. The van der Waals surface area contributed by atoms with Crippen molar-refractivity contribution < 1.29 is 13.2 Å². The molecule has 2 heterocycles. The Labute approximate surface area is 120 Å². The largest absolute Gasteiger partial charge is 0.478 e. The van der Waals surface area contributed by atoms with E-state index in [1.54, 1.807) is 16.4 Å². The maximum atomic E-state index is 12.6. The number of aromatic nitrogens is 1. The topological polar surface area (TPSA) is 59.5 Å². The van der Waals surface area contributed by atoms with E-state index in [0.29, 0.717) is 37.4 Å². The fourth-order valence-electron chi connectivity index (χ4n) is 3.29. The van der Waals surface area contributed by atoms with Crippen LogP contribution in [0.15, 0.2) is 23.2 Å². The van der Waals surface area contributed by atoms with E-state index in [0.717, 1.165) is 12.8 Å². The van der Waals surface area contributed by atoms with Crippen LogP contribution in [0.2, 0.25) is 0 Å². The average Bonchev–Trinajstić information content (AvgIpc) is 3.00. The van der Waals surface area contributed by atoms with Gasteiger partial charge in [0, 0.05) is 19.2 Å². The van der Waals surface area contributed by atoms with Gasteiger partial charge in [-0.25, -0.2) is 13.4 Å². The van der Waals surface area contributed by atoms with Gasteiger partial charge in [-0.15, -0.1) is 0 Å². The Balaban J connectivity index is 1.78. The van der Waals surface area contributed by atoms with Crippen molar-refractivity contribution in [2.24, 2.45) is 11.8 Å². The van der Waals surface area contributed by atoms with Crippen molar-refractivity contribution in [1.82, 2.24) is 9.29 Å². The molecule has 1 aliphatic carbocycles. The van der Waals surface area contributed by atoms with E-state index in [1.165, 1.54) is 12.6 Å². The number of nitrogens with zero attached hydrogens (tertiary/aromatic N) is 2. The van der Waals surface area contributed by atoms with Crippen LogP contribution in [0.5, 0.6) is 5.88 Å². The van der Waals surface area contributed by atoms with Gasteiger partial charge in [0.2, 0.25) is 15.9 Å². The minimum absolute atomic E-state index is 0.265. The molecule has 1 saturated heterocycles. The smallest absolute Gasteiger partial charge is 0.244 e. The molecular weight excluding hydrogens is 276 g/mol. The van der Waals surface area contributed by atoms with Crippen LogP contribution in [-0.2, 0) is 10.0 Å². The summed E-state index contributed by atoms with van der Waals surface area (Å²) in [6.07, 6.45) is 4.97. The van der Waals surface area contributed by atoms with Gasteiger partial charge >= 0.3 is 0 Å². The zero-order chi connectivity index (χ0) is 14.2. The SMILES string of the molecule is CCOc1ccc(S(=O)(=O)N2C[C@H]3CCC[C@H]3C2)cn1. The van der Waals surface area contributed by atoms with Crippen LogP contribution in [0.25, 0.3) is 0 Å². The molecule has 0 spiro atoms. The second kappa shape index (κ2) is 5.33. The van der Waals surface area contributed by atoms with Crippen LogP contribution >= 0.6 is 0 Å². The van der Waals surface area contributed by atoms with Gasteiger partial charge in [0.15, 0.2) is 0 Å². The zero-order valence-corrected chi connectivity index (χ0v) is 12.5. The van der Waals surface area contributed by atoms with E-state index >= 15 is 0 Å². The Morgan fingerprint density at radius 1 is 1.30 bits per heavy atom. The first kappa shape index (κ1) is 13.8. The molecule has 5 nitrogen and oxygen atoms in total. The van der Waals surface area contributed by atoms with Gasteiger partial charge in [-0.2, -0.15) is 4.31 Å². The maximum absolute atomic E-state index is 12.6. The zero-order valence-electron chi connectivity index (χ0n) is 11.7. The number of ether oxygens (including phenoxy) is 1. The summed E-state index contributed by atoms with van der Waals surface area (Å²) in [6, 6.07) is 3.20. The highest BCUT2D eigenvalue weighted by Gasteiger charge is 2.41. The first-order valence-electron chi connectivity index (χ1n) is 7.20. The molecule has 2 aliphatic rings. The molecule has 0 amide bonds. The lowest BCUT2D eigenvalue weighted by Gasteiger charge is -2.17. The fraction of sp³-hybridized carbons (Fsp3) is 0.643. The van der Waals surface area contributed by atoms with Gasteiger partial charge in [0.1, 0.15) is 4.90 Å². The Hall–Kier alpha value is -1.14. The molecule has 110 valence electrons. The molecule has 0 radical (unpaired) electrons. The average molecular weight is 296 g/mol. The van der Waals surface area contributed by atoms with E-state index < -0.39 is 10.0 Å². The van der Waals surface area contributed by atoms with E-state index in [-0.39, 0.29) is 4.90 Å². The third-order valence-electron chi connectivity index (χ3n) is 4.33. The van der Waals surface area contributed by atoms with Gasteiger partial charge in [-0.3, -0.25) is 0 Å². The van der Waals surface area contributed by atoms with Gasteiger partial charge in [-0.05, 0) is 37.7 Å². The van der Waals surface area contributed by atoms with Gasteiger partial charge in [-0.1, -0.05) is 6.42 Å². The van der Waals surface area contributed by atoms with Gasteiger partial charge in [0.25, 0.3) is 0 Å². The normalized spacial score (nSPS) is 26.6. The van der Waals surface area contributed by atoms with E-state index in [9.17, 15) is 8.42 Å². The highest BCUT2D eigenvalue weighted by atomic mass is 32.2. The third-order valence-corrected chi connectivity index (χ3v) is 6.15. The van der Waals surface area contributed by atoms with E-state index in [1.807, 2.05) is 6.92 Å². The van der Waals surface area contributed by atoms with Crippen LogP contribution in [0.4, 0.5) is 0 Å². The minimum Gasteiger partial charge on any atom is -0.478 e. The summed E-state index contributed by atoms with van der Waals surface area (Å²) >= 11 is 0. The van der Waals surface area contributed by atoms with Crippen LogP contribution in [0.3, 0.4) is 0 Å². The Kier molecular flexibility index (Phi) is 3.69. The molecule has 0 aromatic carbocycles. The second-order valence-corrected chi connectivity index (χ2v) is 7.48. The molecule has 0 bridgehead atoms. The van der Waals surface area contributed by atoms with Crippen LogP contribution < -0.4 is 4.74 Å². The number of pyridine rings is 1. The molecule has 2 fully saturated rings. The van der Waals surface area contributed by atoms with Crippen LogP contribution in [-0.4, -0.2) is 37.4 Å². The summed E-state index contributed by atoms with van der Waals surface area (Å²) in [5, 5.41) is 0. The van der Waals surface area contributed by atoms with Crippen molar-refractivity contribution in [3.05, 3.63) is 18.3 Å². The van der Waals surface area contributed by atoms with Gasteiger partial charge < -0.3 is 4.74 Å². The minimum atomic E-state index is -3.40. The summed E-state index contributed by atoms with van der Waals surface area (Å²) in [5.41, 5.74) is 0. The van der Waals surface area contributed by atoms with Crippen molar-refractivity contribution in [2.75, 3.05) is 19.7 Å². The van der Waals surface area contributed by atoms with Crippen molar-refractivity contribution >= 4 is 10.0 Å². The first-order valence-corrected chi connectivity index (χ1v) is 8.64. The summed E-state index contributed by atoms with van der Waals surface area (Å²) < 4.78 is 32.0. The molecule has 1 aromatic rings. The van der Waals surface area contributed by atoms with Crippen molar-refractivity contribution in [1.29, 1.82) is 0 Å². The molecular formula is C14H20N2O3S. The maximum Gasteiger partial charge on any atom is 0.244 e. The molecule has 1 aliphatic heterocycles. The Morgan fingerprint density at radius 2 is 2.00 bits per heavy atom. The summed E-state index contributed by atoms with van der Waals surface area (Å²) in [5.74, 6) is 1.57. The van der Waals surface area contributed by atoms with E-state index in [2.05, 4.69) is 4.98 Å². The fourth-order valence-corrected chi connectivity index (χ4v) is 4.79. The van der Waals surface area contributed by atoms with Crippen molar-refractivity contribution in [3.8, 4) is 5.88 Å². The number of hydrogen-bond acceptors (Lipinski definition) is 4. The molecule has 1 saturated carbocycles. The molecule has 0 N–H and O–H groups in total. The van der Waals surface area contributed by atoms with Crippen molar-refractivity contribution in [2.45, 2.75) is 31.1 Å². The molecule has 3 rings (SSSR count). The lowest BCUT2D eigenvalue weighted by Crippen LogP contribution is -2.29. The Morgan fingerprint density at radius 3 is 2.55 bits per heavy atom. The molecule has 0 unspecified atom stereocenters. The van der Waals surface area contributed by atoms with Gasteiger partial charge in [0.05, 0.1) is 12.8 Å². The molecule has 20 heavy (non-hydrogen) atoms. The highest BCUT2D eigenvalue weighted by molar-refractivity contribution is 7.89.